The van der Waals surface area contributed by atoms with E-state index in [0.29, 0.717) is 5.69 Å². The molecule has 5 rings (SSSR count). The van der Waals surface area contributed by atoms with Crippen LogP contribution in [-0.2, 0) is 11.0 Å². The van der Waals surface area contributed by atoms with E-state index in [1.165, 1.54) is 18.2 Å². The van der Waals surface area contributed by atoms with Crippen LogP contribution in [0.15, 0.2) is 71.8 Å². The Balaban J connectivity index is 1.58. The van der Waals surface area contributed by atoms with Gasteiger partial charge in [0, 0.05) is 21.8 Å². The summed E-state index contributed by atoms with van der Waals surface area (Å²) in [6, 6.07) is 13.9. The molecule has 0 unspecified atom stereocenters. The van der Waals surface area contributed by atoms with E-state index in [2.05, 4.69) is 15.3 Å². The SMILES string of the molecule is Cc1cc(C)cc(N2C(=O)C(=NNc3cc(Cl)cc(-c4ccc(F)c(OC(=O)O)c4)c3O)c3ccc(C(F)(F)F)cc32)c1. The zero-order valence-electron chi connectivity index (χ0n) is 22.3. The van der Waals surface area contributed by atoms with Crippen LogP contribution in [0.4, 0.5) is 39.4 Å². The normalized spacial score (nSPS) is 13.8. The monoisotopic (exact) mass is 613 g/mol. The summed E-state index contributed by atoms with van der Waals surface area (Å²) in [5.41, 5.74) is 3.44. The lowest BCUT2D eigenvalue weighted by Gasteiger charge is -2.19. The van der Waals surface area contributed by atoms with Crippen molar-refractivity contribution in [3.63, 3.8) is 0 Å². The Morgan fingerprint density at radius 1 is 0.977 bits per heavy atom. The molecule has 3 N–H and O–H groups in total. The number of carbonyl (C=O) groups is 2. The first-order valence-electron chi connectivity index (χ1n) is 12.4. The fraction of sp³-hybridized carbons (Fsp3) is 0.100. The molecule has 0 saturated carbocycles. The summed E-state index contributed by atoms with van der Waals surface area (Å²) in [6.45, 7) is 3.58. The van der Waals surface area contributed by atoms with E-state index in [1.54, 1.807) is 26.0 Å². The number of hydrazone groups is 1. The van der Waals surface area contributed by atoms with Gasteiger partial charge in [0.15, 0.2) is 17.3 Å². The molecule has 0 aromatic heterocycles. The highest BCUT2D eigenvalue weighted by atomic mass is 35.5. The van der Waals surface area contributed by atoms with Gasteiger partial charge in [0.25, 0.3) is 5.91 Å². The third-order valence-corrected chi connectivity index (χ3v) is 6.71. The van der Waals surface area contributed by atoms with Crippen molar-refractivity contribution in [3.05, 3.63) is 99.8 Å². The lowest BCUT2D eigenvalue weighted by atomic mass is 10.0. The van der Waals surface area contributed by atoms with E-state index in [9.17, 15) is 32.3 Å². The number of aromatic hydroxyl groups is 1. The lowest BCUT2D eigenvalue weighted by Crippen LogP contribution is -2.26. The van der Waals surface area contributed by atoms with Gasteiger partial charge in [-0.3, -0.25) is 15.1 Å². The zero-order chi connectivity index (χ0) is 31.2. The number of hydrogen-bond acceptors (Lipinski definition) is 6. The number of rotatable bonds is 5. The standard InChI is InChI=1S/C30H20ClF4N3O5/c1-14-7-15(2)9-19(8-14)38-24-11-17(30(33,34)35)4-5-20(24)26(28(38)40)37-36-23-13-18(31)12-21(27(23)39)16-3-6-22(32)25(10-16)43-29(41)42/h3-13,36,39H,1-2H3,(H,41,42). The number of benzene rings is 4. The Morgan fingerprint density at radius 2 is 1.67 bits per heavy atom. The number of nitrogens with zero attached hydrogens (tertiary/aromatic N) is 2. The Kier molecular flexibility index (Phi) is 7.49. The molecule has 220 valence electrons. The Labute approximate surface area is 246 Å². The van der Waals surface area contributed by atoms with E-state index >= 15 is 0 Å². The minimum atomic E-state index is -4.66. The number of aryl methyl sites for hydroxylation is 2. The number of hydrogen-bond donors (Lipinski definition) is 3. The molecule has 1 amide bonds. The Hall–Kier alpha value is -5.10. The van der Waals surface area contributed by atoms with Crippen LogP contribution in [-0.4, -0.2) is 28.0 Å². The first-order valence-corrected chi connectivity index (χ1v) is 12.8. The fourth-order valence-corrected chi connectivity index (χ4v) is 4.95. The molecule has 1 aliphatic rings. The minimum absolute atomic E-state index is 0.0290. The summed E-state index contributed by atoms with van der Waals surface area (Å²) in [5, 5.41) is 24.1. The average Bonchev–Trinajstić information content (AvgIpc) is 3.19. The zero-order valence-corrected chi connectivity index (χ0v) is 23.0. The molecule has 0 atom stereocenters. The van der Waals surface area contributed by atoms with E-state index in [4.69, 9.17) is 16.7 Å². The predicted molar refractivity (Wildman–Crippen MR) is 152 cm³/mol. The maximum Gasteiger partial charge on any atom is 0.511 e. The van der Waals surface area contributed by atoms with E-state index in [-0.39, 0.29) is 38.8 Å². The van der Waals surface area contributed by atoms with Crippen molar-refractivity contribution in [1.29, 1.82) is 0 Å². The second-order valence-electron chi connectivity index (χ2n) is 9.65. The maximum atomic E-state index is 14.0. The van der Waals surface area contributed by atoms with Crippen molar-refractivity contribution in [3.8, 4) is 22.6 Å². The van der Waals surface area contributed by atoms with Crippen LogP contribution < -0.4 is 15.1 Å². The molecular formula is C30H20ClF4N3O5. The van der Waals surface area contributed by atoms with Gasteiger partial charge >= 0.3 is 12.3 Å². The second kappa shape index (κ2) is 11.0. The van der Waals surface area contributed by atoms with Gasteiger partial charge in [0.2, 0.25) is 0 Å². The van der Waals surface area contributed by atoms with E-state index in [0.717, 1.165) is 46.4 Å². The molecule has 4 aromatic carbocycles. The third-order valence-electron chi connectivity index (χ3n) is 6.49. The van der Waals surface area contributed by atoms with Crippen molar-refractivity contribution in [2.24, 2.45) is 5.10 Å². The third kappa shape index (κ3) is 5.82. The molecule has 4 aromatic rings. The van der Waals surface area contributed by atoms with Crippen molar-refractivity contribution in [2.75, 3.05) is 10.3 Å². The Morgan fingerprint density at radius 3 is 2.33 bits per heavy atom. The smallest absolute Gasteiger partial charge is 0.505 e. The quantitative estimate of drug-likeness (QED) is 0.0691. The Bertz CT molecular complexity index is 1820. The highest BCUT2D eigenvalue weighted by Gasteiger charge is 2.39. The van der Waals surface area contributed by atoms with E-state index in [1.807, 2.05) is 6.07 Å². The van der Waals surface area contributed by atoms with Crippen LogP contribution in [0.25, 0.3) is 11.1 Å². The van der Waals surface area contributed by atoms with Gasteiger partial charge in [-0.05, 0) is 85.1 Å². The maximum absolute atomic E-state index is 14.0. The lowest BCUT2D eigenvalue weighted by molar-refractivity contribution is -0.137. The summed E-state index contributed by atoms with van der Waals surface area (Å²) in [7, 11) is 0. The molecule has 1 aliphatic heterocycles. The molecule has 8 nitrogen and oxygen atoms in total. The first kappa shape index (κ1) is 29.4. The van der Waals surface area contributed by atoms with Crippen molar-refractivity contribution < 1.29 is 42.1 Å². The van der Waals surface area contributed by atoms with Gasteiger partial charge in [-0.2, -0.15) is 18.3 Å². The number of ether oxygens (including phenoxy) is 1. The van der Waals surface area contributed by atoms with Crippen LogP contribution in [0.3, 0.4) is 0 Å². The van der Waals surface area contributed by atoms with Crippen molar-refractivity contribution in [1.82, 2.24) is 0 Å². The molecule has 0 aliphatic carbocycles. The van der Waals surface area contributed by atoms with Gasteiger partial charge in [-0.1, -0.05) is 23.7 Å². The number of phenols is 1. The number of amides is 1. The van der Waals surface area contributed by atoms with Crippen LogP contribution in [0.5, 0.6) is 11.5 Å². The predicted octanol–water partition coefficient (Wildman–Crippen LogP) is 8.04. The van der Waals surface area contributed by atoms with Gasteiger partial charge < -0.3 is 14.9 Å². The summed E-state index contributed by atoms with van der Waals surface area (Å²) < 4.78 is 59.3. The molecule has 13 heteroatoms. The summed E-state index contributed by atoms with van der Waals surface area (Å²) >= 11 is 6.24. The number of carboxylic acid groups (broad SMARTS) is 1. The second-order valence-corrected chi connectivity index (χ2v) is 10.1. The topological polar surface area (TPSA) is 111 Å². The van der Waals surface area contributed by atoms with Gasteiger partial charge in [-0.15, -0.1) is 0 Å². The first-order chi connectivity index (χ1) is 20.2. The minimum Gasteiger partial charge on any atom is -0.505 e. The fourth-order valence-electron chi connectivity index (χ4n) is 4.73. The number of nitrogens with one attached hydrogen (secondary N) is 1. The van der Waals surface area contributed by atoms with Crippen molar-refractivity contribution in [2.45, 2.75) is 20.0 Å². The number of anilines is 3. The van der Waals surface area contributed by atoms with Crippen LogP contribution >= 0.6 is 11.6 Å². The van der Waals surface area contributed by atoms with Crippen LogP contribution in [0.1, 0.15) is 22.3 Å². The number of phenolic OH excluding ortho intramolecular Hbond substituents is 1. The molecule has 1 heterocycles. The van der Waals surface area contributed by atoms with Crippen LogP contribution in [0.2, 0.25) is 5.02 Å². The van der Waals surface area contributed by atoms with Crippen molar-refractivity contribution >= 4 is 46.4 Å². The number of halogens is 5. The summed E-state index contributed by atoms with van der Waals surface area (Å²) in [5.74, 6) is -2.75. The molecule has 43 heavy (non-hydrogen) atoms. The molecule has 0 saturated heterocycles. The van der Waals surface area contributed by atoms with Crippen LogP contribution in [0, 0.1) is 19.7 Å². The molecule has 0 bridgehead atoms. The average molecular weight is 614 g/mol. The summed E-state index contributed by atoms with van der Waals surface area (Å²) in [4.78, 5) is 25.7. The summed E-state index contributed by atoms with van der Waals surface area (Å²) in [6.07, 6.45) is -6.41. The number of carbonyl (C=O) groups excluding carboxylic acids is 1. The highest BCUT2D eigenvalue weighted by Crippen LogP contribution is 2.42. The van der Waals surface area contributed by atoms with Gasteiger partial charge in [-0.25, -0.2) is 9.18 Å². The number of fused-ring (bicyclic) bond motifs is 1. The van der Waals surface area contributed by atoms with Gasteiger partial charge in [0.1, 0.15) is 11.4 Å². The largest absolute Gasteiger partial charge is 0.511 e. The van der Waals surface area contributed by atoms with E-state index < -0.39 is 41.1 Å². The molecule has 0 fully saturated rings. The highest BCUT2D eigenvalue weighted by molar-refractivity contribution is 6.55. The number of alkyl halides is 3. The molecular weight excluding hydrogens is 594 g/mol. The molecule has 0 spiro atoms. The van der Waals surface area contributed by atoms with Gasteiger partial charge in [0.05, 0.1) is 11.3 Å². The molecule has 0 radical (unpaired) electrons.